The summed E-state index contributed by atoms with van der Waals surface area (Å²) in [5, 5.41) is 11.6. The van der Waals surface area contributed by atoms with Gasteiger partial charge in [-0.3, -0.25) is 0 Å². The third-order valence-electron chi connectivity index (χ3n) is 2.12. The van der Waals surface area contributed by atoms with Gasteiger partial charge in [0.2, 0.25) is 0 Å². The van der Waals surface area contributed by atoms with Crippen LogP contribution in [0.4, 0.5) is 5.69 Å². The zero-order chi connectivity index (χ0) is 11.6. The average Bonchev–Trinajstić information content (AvgIpc) is 2.33. The van der Waals surface area contributed by atoms with E-state index in [-0.39, 0.29) is 0 Å². The third kappa shape index (κ3) is 4.70. The number of nitrogens with zero attached hydrogens (tertiary/aromatic N) is 1. The van der Waals surface area contributed by atoms with Gasteiger partial charge in [0.25, 0.3) is 0 Å². The molecule has 0 aromatic heterocycles. The highest BCUT2D eigenvalue weighted by Gasteiger charge is 1.94. The van der Waals surface area contributed by atoms with Crippen LogP contribution < -0.4 is 10.1 Å². The predicted molar refractivity (Wildman–Crippen MR) is 65.6 cm³/mol. The van der Waals surface area contributed by atoms with Crippen molar-refractivity contribution in [3.05, 3.63) is 24.3 Å². The number of hydrogen-bond donors (Lipinski definition) is 1. The van der Waals surface area contributed by atoms with Gasteiger partial charge in [0.15, 0.2) is 0 Å². The fourth-order valence-corrected chi connectivity index (χ4v) is 1.29. The molecule has 0 aliphatic carbocycles. The molecule has 16 heavy (non-hydrogen) atoms. The molecular weight excluding hydrogens is 200 g/mol. The van der Waals surface area contributed by atoms with Gasteiger partial charge in [-0.25, -0.2) is 0 Å². The monoisotopic (exact) mass is 218 g/mol. The summed E-state index contributed by atoms with van der Waals surface area (Å²) < 4.78 is 5.48. The van der Waals surface area contributed by atoms with E-state index in [0.717, 1.165) is 37.4 Å². The van der Waals surface area contributed by atoms with Crippen LogP contribution in [0.25, 0.3) is 0 Å². The number of benzene rings is 1. The Labute approximate surface area is 97.0 Å². The fourth-order valence-electron chi connectivity index (χ4n) is 1.29. The van der Waals surface area contributed by atoms with Crippen molar-refractivity contribution in [1.82, 2.24) is 0 Å². The summed E-state index contributed by atoms with van der Waals surface area (Å²) in [7, 11) is 0. The van der Waals surface area contributed by atoms with Crippen LogP contribution in [0.2, 0.25) is 0 Å². The third-order valence-corrected chi connectivity index (χ3v) is 2.12. The summed E-state index contributed by atoms with van der Waals surface area (Å²) in [6.45, 7) is 3.68. The second kappa shape index (κ2) is 7.58. The van der Waals surface area contributed by atoms with Crippen molar-refractivity contribution < 1.29 is 4.74 Å². The zero-order valence-electron chi connectivity index (χ0n) is 9.70. The molecule has 3 heteroatoms. The van der Waals surface area contributed by atoms with Gasteiger partial charge < -0.3 is 10.1 Å². The first-order chi connectivity index (χ1) is 7.86. The Morgan fingerprint density at radius 2 is 2.06 bits per heavy atom. The van der Waals surface area contributed by atoms with Crippen molar-refractivity contribution in [2.75, 3.05) is 18.5 Å². The largest absolute Gasteiger partial charge is 0.494 e. The maximum absolute atomic E-state index is 8.39. The quantitative estimate of drug-likeness (QED) is 0.715. The Kier molecular flexibility index (Phi) is 5.87. The van der Waals surface area contributed by atoms with Gasteiger partial charge in [-0.15, -0.1) is 0 Å². The molecule has 0 radical (unpaired) electrons. The van der Waals surface area contributed by atoms with Crippen molar-refractivity contribution >= 4 is 5.69 Å². The fraction of sp³-hybridized carbons (Fsp3) is 0.462. The number of nitrogens with one attached hydrogen (secondary N) is 1. The molecule has 0 fully saturated rings. The smallest absolute Gasteiger partial charge is 0.119 e. The number of ether oxygens (including phenoxy) is 1. The normalized spacial score (nSPS) is 9.50. The summed E-state index contributed by atoms with van der Waals surface area (Å²) in [4.78, 5) is 0. The maximum atomic E-state index is 8.39. The number of anilines is 1. The molecule has 1 aromatic rings. The number of nitriles is 1. The predicted octanol–water partition coefficient (Wildman–Crippen LogP) is 3.19. The van der Waals surface area contributed by atoms with Crippen LogP contribution in [-0.4, -0.2) is 13.2 Å². The molecule has 0 aliphatic rings. The SMILES string of the molecule is CCCOc1ccc(NCCCC#N)cc1. The van der Waals surface area contributed by atoms with E-state index in [2.05, 4.69) is 18.3 Å². The molecule has 0 unspecified atom stereocenters. The van der Waals surface area contributed by atoms with Gasteiger partial charge in [0, 0.05) is 18.7 Å². The van der Waals surface area contributed by atoms with E-state index in [1.807, 2.05) is 24.3 Å². The molecule has 1 N–H and O–H groups in total. The molecule has 0 saturated heterocycles. The topological polar surface area (TPSA) is 45.0 Å². The second-order valence-electron chi connectivity index (χ2n) is 3.56. The maximum Gasteiger partial charge on any atom is 0.119 e. The minimum Gasteiger partial charge on any atom is -0.494 e. The Bertz CT molecular complexity index is 327. The first-order valence-corrected chi connectivity index (χ1v) is 5.70. The summed E-state index contributed by atoms with van der Waals surface area (Å²) >= 11 is 0. The number of rotatable bonds is 7. The van der Waals surface area contributed by atoms with E-state index in [9.17, 15) is 0 Å². The summed E-state index contributed by atoms with van der Waals surface area (Å²) in [6.07, 6.45) is 2.50. The van der Waals surface area contributed by atoms with Gasteiger partial charge in [-0.2, -0.15) is 5.26 Å². The highest BCUT2D eigenvalue weighted by Crippen LogP contribution is 2.15. The highest BCUT2D eigenvalue weighted by atomic mass is 16.5. The van der Waals surface area contributed by atoms with Crippen LogP contribution in [0.1, 0.15) is 26.2 Å². The Balaban J connectivity index is 2.31. The van der Waals surface area contributed by atoms with Gasteiger partial charge in [-0.05, 0) is 37.1 Å². The molecule has 1 rings (SSSR count). The van der Waals surface area contributed by atoms with E-state index in [4.69, 9.17) is 10.00 Å². The summed E-state index contributed by atoms with van der Waals surface area (Å²) in [6, 6.07) is 10.0. The van der Waals surface area contributed by atoms with E-state index in [0.29, 0.717) is 6.42 Å². The molecule has 0 heterocycles. The van der Waals surface area contributed by atoms with E-state index < -0.39 is 0 Å². The van der Waals surface area contributed by atoms with Crippen LogP contribution in [0.15, 0.2) is 24.3 Å². The van der Waals surface area contributed by atoms with Crippen LogP contribution in [0.3, 0.4) is 0 Å². The standard InChI is InChI=1S/C13H18N2O/c1-2-11-16-13-7-5-12(6-8-13)15-10-4-3-9-14/h5-8,15H,2-4,10-11H2,1H3. The minimum atomic E-state index is 0.602. The summed E-state index contributed by atoms with van der Waals surface area (Å²) in [5.41, 5.74) is 1.07. The summed E-state index contributed by atoms with van der Waals surface area (Å²) in [5.74, 6) is 0.907. The van der Waals surface area contributed by atoms with Crippen molar-refractivity contribution in [3.8, 4) is 11.8 Å². The first kappa shape index (κ1) is 12.4. The molecule has 0 atom stereocenters. The van der Waals surface area contributed by atoms with Crippen LogP contribution >= 0.6 is 0 Å². The van der Waals surface area contributed by atoms with Gasteiger partial charge >= 0.3 is 0 Å². The van der Waals surface area contributed by atoms with Gasteiger partial charge in [-0.1, -0.05) is 6.92 Å². The minimum absolute atomic E-state index is 0.602. The van der Waals surface area contributed by atoms with Gasteiger partial charge in [0.05, 0.1) is 12.7 Å². The molecule has 0 aliphatic heterocycles. The Morgan fingerprint density at radius 1 is 1.31 bits per heavy atom. The molecule has 0 spiro atoms. The van der Waals surface area contributed by atoms with Gasteiger partial charge in [0.1, 0.15) is 5.75 Å². The van der Waals surface area contributed by atoms with E-state index >= 15 is 0 Å². The van der Waals surface area contributed by atoms with Crippen molar-refractivity contribution in [1.29, 1.82) is 5.26 Å². The lowest BCUT2D eigenvalue weighted by molar-refractivity contribution is 0.317. The molecule has 0 amide bonds. The van der Waals surface area contributed by atoms with Crippen molar-refractivity contribution in [3.63, 3.8) is 0 Å². The molecule has 0 saturated carbocycles. The molecule has 1 aromatic carbocycles. The van der Waals surface area contributed by atoms with Crippen LogP contribution in [0, 0.1) is 11.3 Å². The second-order valence-corrected chi connectivity index (χ2v) is 3.56. The molecular formula is C13H18N2O. The molecule has 0 bridgehead atoms. The zero-order valence-corrected chi connectivity index (χ0v) is 9.70. The lowest BCUT2D eigenvalue weighted by Crippen LogP contribution is -2.01. The Hall–Kier alpha value is -1.69. The highest BCUT2D eigenvalue weighted by molar-refractivity contribution is 5.46. The Morgan fingerprint density at radius 3 is 2.69 bits per heavy atom. The first-order valence-electron chi connectivity index (χ1n) is 5.70. The molecule has 3 nitrogen and oxygen atoms in total. The van der Waals surface area contributed by atoms with E-state index in [1.165, 1.54) is 0 Å². The lowest BCUT2D eigenvalue weighted by Gasteiger charge is -2.07. The van der Waals surface area contributed by atoms with Crippen molar-refractivity contribution in [2.24, 2.45) is 0 Å². The number of unbranched alkanes of at least 4 members (excludes halogenated alkanes) is 1. The van der Waals surface area contributed by atoms with E-state index in [1.54, 1.807) is 0 Å². The van der Waals surface area contributed by atoms with Crippen molar-refractivity contribution in [2.45, 2.75) is 26.2 Å². The lowest BCUT2D eigenvalue weighted by atomic mass is 10.3. The number of hydrogen-bond acceptors (Lipinski definition) is 3. The molecule has 86 valence electrons. The average molecular weight is 218 g/mol. The van der Waals surface area contributed by atoms with Crippen LogP contribution in [0.5, 0.6) is 5.75 Å². The van der Waals surface area contributed by atoms with Crippen LogP contribution in [-0.2, 0) is 0 Å².